The van der Waals surface area contributed by atoms with Crippen LogP contribution in [0.3, 0.4) is 0 Å². The Morgan fingerprint density at radius 3 is 2.68 bits per heavy atom. The second-order valence-corrected chi connectivity index (χ2v) is 7.85. The Kier molecular flexibility index (Phi) is 4.97. The Labute approximate surface area is 162 Å². The molecule has 0 bridgehead atoms. The van der Waals surface area contributed by atoms with Gasteiger partial charge < -0.3 is 20.4 Å². The maximum absolute atomic E-state index is 13.7. The molecule has 2 aliphatic rings. The largest absolute Gasteiger partial charge is 0.449 e. The standard InChI is InChI=1S/C20H25FN4O3/c1-12-4-7-24(8-5-12)14-6-9-25(11-14)20(27)23-17-15-10-13(21)2-3-16(15)28-18(17)19(22)26/h2-3,10,12,14H,4-9,11H2,1H3,(H2,22,26)(H,23,27)/t14-/m1/s1. The molecule has 7 nitrogen and oxygen atoms in total. The van der Waals surface area contributed by atoms with E-state index >= 15 is 0 Å². The summed E-state index contributed by atoms with van der Waals surface area (Å²) >= 11 is 0. The summed E-state index contributed by atoms with van der Waals surface area (Å²) in [5, 5.41) is 3.04. The molecule has 2 aromatic rings. The lowest BCUT2D eigenvalue weighted by molar-refractivity contribution is 0.0977. The molecule has 0 aliphatic carbocycles. The molecule has 1 aromatic carbocycles. The normalized spacial score (nSPS) is 21.4. The van der Waals surface area contributed by atoms with Gasteiger partial charge in [-0.3, -0.25) is 9.69 Å². The quantitative estimate of drug-likeness (QED) is 0.845. The van der Waals surface area contributed by atoms with E-state index in [0.717, 1.165) is 25.4 Å². The number of hydrogen-bond donors (Lipinski definition) is 2. The van der Waals surface area contributed by atoms with Crippen LogP contribution in [0.25, 0.3) is 11.0 Å². The van der Waals surface area contributed by atoms with Crippen LogP contribution < -0.4 is 11.1 Å². The zero-order valence-corrected chi connectivity index (χ0v) is 15.9. The number of primary amides is 1. The van der Waals surface area contributed by atoms with Crippen molar-refractivity contribution in [1.29, 1.82) is 0 Å². The highest BCUT2D eigenvalue weighted by Crippen LogP contribution is 2.32. The van der Waals surface area contributed by atoms with E-state index in [1.807, 2.05) is 0 Å². The van der Waals surface area contributed by atoms with Crippen LogP contribution in [0.15, 0.2) is 22.6 Å². The van der Waals surface area contributed by atoms with Crippen molar-refractivity contribution in [2.45, 2.75) is 32.2 Å². The molecule has 150 valence electrons. The molecule has 0 saturated carbocycles. The van der Waals surface area contributed by atoms with E-state index in [0.29, 0.717) is 30.1 Å². The topological polar surface area (TPSA) is 91.8 Å². The van der Waals surface area contributed by atoms with E-state index in [2.05, 4.69) is 17.1 Å². The summed E-state index contributed by atoms with van der Waals surface area (Å²) in [6.07, 6.45) is 3.31. The summed E-state index contributed by atoms with van der Waals surface area (Å²) in [7, 11) is 0. The molecule has 3 heterocycles. The third-order valence-corrected chi connectivity index (χ3v) is 5.89. The van der Waals surface area contributed by atoms with Crippen LogP contribution in [0.4, 0.5) is 14.9 Å². The number of carbonyl (C=O) groups excluding carboxylic acids is 2. The Balaban J connectivity index is 1.49. The number of fused-ring (bicyclic) bond motifs is 1. The van der Waals surface area contributed by atoms with Crippen LogP contribution in [0, 0.1) is 11.7 Å². The van der Waals surface area contributed by atoms with Crippen LogP contribution in [-0.2, 0) is 0 Å². The Bertz CT molecular complexity index is 904. The van der Waals surface area contributed by atoms with Crippen molar-refractivity contribution in [2.24, 2.45) is 11.7 Å². The third kappa shape index (κ3) is 3.56. The lowest BCUT2D eigenvalue weighted by Gasteiger charge is -2.34. The van der Waals surface area contributed by atoms with Crippen LogP contribution in [0.1, 0.15) is 36.7 Å². The Morgan fingerprint density at radius 1 is 1.21 bits per heavy atom. The summed E-state index contributed by atoms with van der Waals surface area (Å²) in [5.74, 6) is -0.706. The number of halogens is 1. The molecule has 1 atom stereocenters. The van der Waals surface area contributed by atoms with Gasteiger partial charge in [0.2, 0.25) is 5.76 Å². The van der Waals surface area contributed by atoms with Gasteiger partial charge in [-0.2, -0.15) is 0 Å². The van der Waals surface area contributed by atoms with Gasteiger partial charge in [0.05, 0.1) is 0 Å². The molecule has 0 spiro atoms. The molecule has 28 heavy (non-hydrogen) atoms. The lowest BCUT2D eigenvalue weighted by atomic mass is 9.98. The minimum Gasteiger partial charge on any atom is -0.449 e. The average molecular weight is 388 g/mol. The molecule has 0 unspecified atom stereocenters. The number of anilines is 1. The van der Waals surface area contributed by atoms with Gasteiger partial charge in [0.15, 0.2) is 0 Å². The molecule has 3 N–H and O–H groups in total. The molecule has 2 fully saturated rings. The monoisotopic (exact) mass is 388 g/mol. The molecule has 2 saturated heterocycles. The van der Waals surface area contributed by atoms with Crippen molar-refractivity contribution < 1.29 is 18.4 Å². The van der Waals surface area contributed by atoms with E-state index in [9.17, 15) is 14.0 Å². The number of nitrogens with zero attached hydrogens (tertiary/aromatic N) is 2. The summed E-state index contributed by atoms with van der Waals surface area (Å²) < 4.78 is 19.1. The van der Waals surface area contributed by atoms with E-state index in [1.54, 1.807) is 4.90 Å². The smallest absolute Gasteiger partial charge is 0.322 e. The first-order valence-electron chi connectivity index (χ1n) is 9.74. The molecule has 4 rings (SSSR count). The highest BCUT2D eigenvalue weighted by molar-refractivity contribution is 6.10. The van der Waals surface area contributed by atoms with Gasteiger partial charge >= 0.3 is 6.03 Å². The van der Waals surface area contributed by atoms with Crippen molar-refractivity contribution in [3.8, 4) is 0 Å². The van der Waals surface area contributed by atoms with Gasteiger partial charge in [0, 0.05) is 24.5 Å². The lowest BCUT2D eigenvalue weighted by Crippen LogP contribution is -2.43. The number of amides is 3. The van der Waals surface area contributed by atoms with Crippen LogP contribution in [0.2, 0.25) is 0 Å². The highest BCUT2D eigenvalue weighted by Gasteiger charge is 2.33. The van der Waals surface area contributed by atoms with Crippen molar-refractivity contribution in [3.05, 3.63) is 29.8 Å². The summed E-state index contributed by atoms with van der Waals surface area (Å²) in [4.78, 5) is 28.7. The van der Waals surface area contributed by atoms with E-state index in [1.165, 1.54) is 31.0 Å². The molecule has 3 amide bonds. The first kappa shape index (κ1) is 18.7. The zero-order valence-electron chi connectivity index (χ0n) is 15.9. The number of benzene rings is 1. The van der Waals surface area contributed by atoms with Gasteiger partial charge in [0.1, 0.15) is 17.1 Å². The van der Waals surface area contributed by atoms with Gasteiger partial charge in [-0.1, -0.05) is 6.92 Å². The number of furan rings is 1. The van der Waals surface area contributed by atoms with Crippen LogP contribution >= 0.6 is 0 Å². The van der Waals surface area contributed by atoms with Crippen molar-refractivity contribution in [2.75, 3.05) is 31.5 Å². The fourth-order valence-electron chi connectivity index (χ4n) is 4.17. The third-order valence-electron chi connectivity index (χ3n) is 5.89. The Hall–Kier alpha value is -2.61. The molecule has 1 aromatic heterocycles. The second-order valence-electron chi connectivity index (χ2n) is 7.85. The number of piperidine rings is 1. The van der Waals surface area contributed by atoms with Crippen molar-refractivity contribution >= 4 is 28.6 Å². The predicted molar refractivity (Wildman–Crippen MR) is 104 cm³/mol. The first-order valence-corrected chi connectivity index (χ1v) is 9.74. The maximum atomic E-state index is 13.7. The number of nitrogens with one attached hydrogen (secondary N) is 1. The number of carbonyl (C=O) groups is 2. The van der Waals surface area contributed by atoms with Gasteiger partial charge in [-0.05, 0) is 56.5 Å². The number of rotatable bonds is 3. The Morgan fingerprint density at radius 2 is 1.96 bits per heavy atom. The maximum Gasteiger partial charge on any atom is 0.322 e. The SMILES string of the molecule is CC1CCN([C@@H]2CCN(C(=O)Nc3c(C(N)=O)oc4ccc(F)cc34)C2)CC1. The predicted octanol–water partition coefficient (Wildman–Crippen LogP) is 3.01. The van der Waals surface area contributed by atoms with Crippen molar-refractivity contribution in [1.82, 2.24) is 9.80 Å². The summed E-state index contributed by atoms with van der Waals surface area (Å²) in [6.45, 7) is 5.69. The zero-order chi connectivity index (χ0) is 19.8. The second kappa shape index (κ2) is 7.43. The van der Waals surface area contributed by atoms with E-state index in [-0.39, 0.29) is 17.5 Å². The molecular weight excluding hydrogens is 363 g/mol. The van der Waals surface area contributed by atoms with E-state index in [4.69, 9.17) is 10.2 Å². The number of urea groups is 1. The molecule has 8 heteroatoms. The van der Waals surface area contributed by atoms with E-state index < -0.39 is 11.7 Å². The molecule has 2 aliphatic heterocycles. The minimum atomic E-state index is -0.811. The first-order chi connectivity index (χ1) is 13.4. The minimum absolute atomic E-state index is 0.127. The summed E-state index contributed by atoms with van der Waals surface area (Å²) in [6, 6.07) is 3.89. The van der Waals surface area contributed by atoms with Gasteiger partial charge in [-0.15, -0.1) is 0 Å². The van der Waals surface area contributed by atoms with Crippen molar-refractivity contribution in [3.63, 3.8) is 0 Å². The number of hydrogen-bond acceptors (Lipinski definition) is 4. The number of nitrogens with two attached hydrogens (primary N) is 1. The average Bonchev–Trinajstić information content (AvgIpc) is 3.28. The van der Waals surface area contributed by atoms with Gasteiger partial charge in [0.25, 0.3) is 5.91 Å². The fourth-order valence-corrected chi connectivity index (χ4v) is 4.17. The van der Waals surface area contributed by atoms with Crippen LogP contribution in [-0.4, -0.2) is 54.0 Å². The summed E-state index contributed by atoms with van der Waals surface area (Å²) in [5.41, 5.74) is 5.80. The molecule has 0 radical (unpaired) electrons. The number of likely N-dealkylation sites (tertiary alicyclic amines) is 2. The highest BCUT2D eigenvalue weighted by atomic mass is 19.1. The fraction of sp³-hybridized carbons (Fsp3) is 0.500. The molecular formula is C20H25FN4O3. The van der Waals surface area contributed by atoms with Gasteiger partial charge in [-0.25, -0.2) is 9.18 Å². The van der Waals surface area contributed by atoms with Crippen LogP contribution in [0.5, 0.6) is 0 Å².